The van der Waals surface area contributed by atoms with Gasteiger partial charge in [0, 0.05) is 10.9 Å². The first-order valence-electron chi connectivity index (χ1n) is 6.21. The molecule has 0 fully saturated rings. The number of H-pyrrole nitrogens is 1. The number of nitrogens with zero attached hydrogens (tertiary/aromatic N) is 1. The summed E-state index contributed by atoms with van der Waals surface area (Å²) in [7, 11) is 0. The normalized spacial score (nSPS) is 11.0. The highest BCUT2D eigenvalue weighted by Crippen LogP contribution is 2.32. The van der Waals surface area contributed by atoms with Crippen molar-refractivity contribution in [2.24, 2.45) is 0 Å². The Morgan fingerprint density at radius 1 is 1.24 bits per heavy atom. The van der Waals surface area contributed by atoms with Crippen LogP contribution in [-0.4, -0.2) is 26.4 Å². The lowest BCUT2D eigenvalue weighted by Gasteiger charge is -2.06. The highest BCUT2D eigenvalue weighted by atomic mass is 35.5. The van der Waals surface area contributed by atoms with Crippen LogP contribution in [0.3, 0.4) is 0 Å². The lowest BCUT2D eigenvalue weighted by Crippen LogP contribution is -1.96. The Morgan fingerprint density at radius 2 is 1.95 bits per heavy atom. The Kier molecular flexibility index (Phi) is 3.37. The van der Waals surface area contributed by atoms with Crippen LogP contribution < -0.4 is 0 Å². The van der Waals surface area contributed by atoms with E-state index < -0.39 is 5.97 Å². The minimum Gasteiger partial charge on any atom is -0.476 e. The third-order valence-corrected chi connectivity index (χ3v) is 3.61. The predicted molar refractivity (Wildman–Crippen MR) is 79.4 cm³/mol. The maximum Gasteiger partial charge on any atom is 0.357 e. The number of carbonyl (C=O) groups is 1. The fourth-order valence-corrected chi connectivity index (χ4v) is 2.48. The first kappa shape index (κ1) is 13.6. The number of benzene rings is 2. The van der Waals surface area contributed by atoms with Gasteiger partial charge in [-0.2, -0.15) is 5.10 Å². The first-order chi connectivity index (χ1) is 10.1. The monoisotopic (exact) mass is 302 g/mol. The Balaban J connectivity index is 2.18. The molecule has 0 bridgehead atoms. The number of aromatic carboxylic acids is 1. The summed E-state index contributed by atoms with van der Waals surface area (Å²) in [5, 5.41) is 25.6. The zero-order chi connectivity index (χ0) is 15.0. The summed E-state index contributed by atoms with van der Waals surface area (Å²) in [4.78, 5) is 11.1. The second-order valence-electron chi connectivity index (χ2n) is 4.61. The number of aliphatic hydroxyl groups excluding tert-OH is 1. The van der Waals surface area contributed by atoms with Crippen molar-refractivity contribution in [2.45, 2.75) is 6.61 Å². The molecular formula is C15H11ClN2O3. The van der Waals surface area contributed by atoms with Gasteiger partial charge in [0.2, 0.25) is 0 Å². The van der Waals surface area contributed by atoms with E-state index >= 15 is 0 Å². The minimum absolute atomic E-state index is 0.0298. The molecule has 5 nitrogen and oxygen atoms in total. The van der Waals surface area contributed by atoms with E-state index in [1.165, 1.54) is 0 Å². The van der Waals surface area contributed by atoms with Gasteiger partial charge in [-0.25, -0.2) is 4.79 Å². The quantitative estimate of drug-likeness (QED) is 0.694. The van der Waals surface area contributed by atoms with Gasteiger partial charge < -0.3 is 10.2 Å². The van der Waals surface area contributed by atoms with Crippen molar-refractivity contribution in [3.8, 4) is 11.1 Å². The largest absolute Gasteiger partial charge is 0.476 e. The number of aromatic nitrogens is 2. The molecule has 1 heterocycles. The number of carboxylic acids is 1. The molecule has 0 radical (unpaired) electrons. The lowest BCUT2D eigenvalue weighted by molar-refractivity contribution is 0.0692. The molecule has 0 aliphatic heterocycles. The van der Waals surface area contributed by atoms with E-state index in [-0.39, 0.29) is 12.3 Å². The van der Waals surface area contributed by atoms with Crippen LogP contribution in [0.25, 0.3) is 22.0 Å². The fraction of sp³-hybridized carbons (Fsp3) is 0.0667. The number of fused-ring (bicyclic) bond motifs is 1. The molecule has 0 aliphatic carbocycles. The molecule has 0 spiro atoms. The van der Waals surface area contributed by atoms with Gasteiger partial charge in [-0.15, -0.1) is 0 Å². The summed E-state index contributed by atoms with van der Waals surface area (Å²) >= 11 is 6.26. The number of rotatable bonds is 3. The molecule has 21 heavy (non-hydrogen) atoms. The first-order valence-corrected chi connectivity index (χ1v) is 6.59. The Labute approximate surface area is 124 Å². The highest BCUT2D eigenvalue weighted by molar-refractivity contribution is 6.34. The Bertz CT molecular complexity index is 825. The summed E-state index contributed by atoms with van der Waals surface area (Å²) in [5.41, 5.74) is 2.91. The van der Waals surface area contributed by atoms with Crippen LogP contribution >= 0.6 is 11.6 Å². The topological polar surface area (TPSA) is 86.2 Å². The van der Waals surface area contributed by atoms with Gasteiger partial charge in [-0.1, -0.05) is 35.9 Å². The van der Waals surface area contributed by atoms with Crippen LogP contribution in [-0.2, 0) is 6.61 Å². The standard InChI is InChI=1S/C15H11ClN2O3/c16-12-6-13-11(14(15(20)21)18-17-13)5-10(12)9-3-1-8(7-19)2-4-9/h1-6,19H,7H2,(H,17,18)(H,20,21). The minimum atomic E-state index is -1.09. The zero-order valence-corrected chi connectivity index (χ0v) is 11.6. The second kappa shape index (κ2) is 5.20. The molecule has 1 aromatic heterocycles. The molecule has 0 saturated carbocycles. The van der Waals surface area contributed by atoms with Crippen LogP contribution in [0.2, 0.25) is 5.02 Å². The van der Waals surface area contributed by atoms with Gasteiger partial charge >= 0.3 is 5.97 Å². The maximum absolute atomic E-state index is 11.1. The van der Waals surface area contributed by atoms with Gasteiger partial charge in [0.25, 0.3) is 0 Å². The van der Waals surface area contributed by atoms with Gasteiger partial charge in [0.15, 0.2) is 5.69 Å². The number of hydrogen-bond donors (Lipinski definition) is 3. The Hall–Kier alpha value is -2.37. The average Bonchev–Trinajstić information content (AvgIpc) is 2.89. The summed E-state index contributed by atoms with van der Waals surface area (Å²) in [6, 6.07) is 10.6. The van der Waals surface area contributed by atoms with Gasteiger partial charge in [-0.05, 0) is 23.3 Å². The van der Waals surface area contributed by atoms with E-state index in [4.69, 9.17) is 21.8 Å². The van der Waals surface area contributed by atoms with E-state index in [9.17, 15) is 4.79 Å². The average molecular weight is 303 g/mol. The van der Waals surface area contributed by atoms with E-state index in [0.717, 1.165) is 16.7 Å². The predicted octanol–water partition coefficient (Wildman–Crippen LogP) is 3.07. The van der Waals surface area contributed by atoms with Crippen LogP contribution in [0, 0.1) is 0 Å². The number of aromatic amines is 1. The van der Waals surface area contributed by atoms with Crippen LogP contribution in [0.15, 0.2) is 36.4 Å². The van der Waals surface area contributed by atoms with Crippen molar-refractivity contribution in [2.75, 3.05) is 0 Å². The third-order valence-electron chi connectivity index (χ3n) is 3.30. The lowest BCUT2D eigenvalue weighted by atomic mass is 10.0. The summed E-state index contributed by atoms with van der Waals surface area (Å²) in [6.07, 6.45) is 0. The van der Waals surface area contributed by atoms with E-state index in [1.807, 2.05) is 12.1 Å². The molecule has 0 unspecified atom stereocenters. The summed E-state index contributed by atoms with van der Waals surface area (Å²) in [6.45, 7) is -0.0298. The number of hydrogen-bond acceptors (Lipinski definition) is 3. The van der Waals surface area contributed by atoms with Crippen molar-refractivity contribution in [1.29, 1.82) is 0 Å². The maximum atomic E-state index is 11.1. The summed E-state index contributed by atoms with van der Waals surface area (Å²) < 4.78 is 0. The number of aliphatic hydroxyl groups is 1. The molecule has 2 aromatic carbocycles. The van der Waals surface area contributed by atoms with E-state index in [1.54, 1.807) is 24.3 Å². The van der Waals surface area contributed by atoms with Crippen molar-refractivity contribution in [3.05, 3.63) is 52.7 Å². The highest BCUT2D eigenvalue weighted by Gasteiger charge is 2.15. The molecular weight excluding hydrogens is 292 g/mol. The van der Waals surface area contributed by atoms with Crippen LogP contribution in [0.4, 0.5) is 0 Å². The smallest absolute Gasteiger partial charge is 0.357 e. The van der Waals surface area contributed by atoms with Crippen molar-refractivity contribution in [1.82, 2.24) is 10.2 Å². The molecule has 106 valence electrons. The van der Waals surface area contributed by atoms with Gasteiger partial charge in [0.1, 0.15) is 0 Å². The van der Waals surface area contributed by atoms with Gasteiger partial charge in [-0.3, -0.25) is 5.10 Å². The molecule has 3 N–H and O–H groups in total. The molecule has 0 atom stereocenters. The number of nitrogens with one attached hydrogen (secondary N) is 1. The third kappa shape index (κ3) is 2.37. The van der Waals surface area contributed by atoms with Gasteiger partial charge in [0.05, 0.1) is 17.1 Å². The number of halogens is 1. The molecule has 0 amide bonds. The van der Waals surface area contributed by atoms with Crippen molar-refractivity contribution >= 4 is 28.5 Å². The van der Waals surface area contributed by atoms with E-state index in [2.05, 4.69) is 10.2 Å². The molecule has 3 rings (SSSR count). The van der Waals surface area contributed by atoms with E-state index in [0.29, 0.717) is 15.9 Å². The van der Waals surface area contributed by atoms with Crippen molar-refractivity contribution in [3.63, 3.8) is 0 Å². The van der Waals surface area contributed by atoms with Crippen molar-refractivity contribution < 1.29 is 15.0 Å². The summed E-state index contributed by atoms with van der Waals surface area (Å²) in [5.74, 6) is -1.09. The van der Waals surface area contributed by atoms with Crippen LogP contribution in [0.1, 0.15) is 16.1 Å². The Morgan fingerprint density at radius 3 is 2.57 bits per heavy atom. The molecule has 0 aliphatic rings. The fourth-order valence-electron chi connectivity index (χ4n) is 2.21. The van der Waals surface area contributed by atoms with Crippen LogP contribution in [0.5, 0.6) is 0 Å². The molecule has 6 heteroatoms. The number of carboxylic acid groups (broad SMARTS) is 1. The molecule has 0 saturated heterocycles. The zero-order valence-electron chi connectivity index (χ0n) is 10.8. The molecule has 3 aromatic rings. The second-order valence-corrected chi connectivity index (χ2v) is 5.02. The SMILES string of the molecule is O=C(O)c1n[nH]c2cc(Cl)c(-c3ccc(CO)cc3)cc12.